The molecule has 0 unspecified atom stereocenters. The summed E-state index contributed by atoms with van der Waals surface area (Å²) in [6, 6.07) is 4.29. The lowest BCUT2D eigenvalue weighted by atomic mass is 10.2. The molecule has 2 rings (SSSR count). The summed E-state index contributed by atoms with van der Waals surface area (Å²) in [5, 5.41) is 11.0. The summed E-state index contributed by atoms with van der Waals surface area (Å²) in [5.41, 5.74) is -0.995. The number of rotatable bonds is 3. The van der Waals surface area contributed by atoms with Crippen LogP contribution in [0.15, 0.2) is 34.9 Å². The highest BCUT2D eigenvalue weighted by atomic mass is 79.9. The molecule has 8 heteroatoms. The van der Waals surface area contributed by atoms with Crippen molar-refractivity contribution in [2.24, 2.45) is 0 Å². The molecule has 2 aromatic rings. The third-order valence-corrected chi connectivity index (χ3v) is 2.93. The van der Waals surface area contributed by atoms with Gasteiger partial charge in [-0.15, -0.1) is 0 Å². The van der Waals surface area contributed by atoms with Crippen molar-refractivity contribution in [3.8, 4) is 0 Å². The van der Waals surface area contributed by atoms with Gasteiger partial charge in [0.2, 0.25) is 0 Å². The van der Waals surface area contributed by atoms with Crippen LogP contribution in [0.5, 0.6) is 0 Å². The summed E-state index contributed by atoms with van der Waals surface area (Å²) >= 11 is 2.90. The number of amides is 1. The predicted octanol–water partition coefficient (Wildman–Crippen LogP) is 3.07. The maximum atomic E-state index is 13.6. The van der Waals surface area contributed by atoms with Gasteiger partial charge >= 0.3 is 5.97 Å². The van der Waals surface area contributed by atoms with Gasteiger partial charge in [-0.3, -0.25) is 4.79 Å². The van der Waals surface area contributed by atoms with Crippen molar-refractivity contribution in [3.05, 3.63) is 57.8 Å². The van der Waals surface area contributed by atoms with E-state index in [0.717, 1.165) is 24.4 Å². The zero-order chi connectivity index (χ0) is 15.6. The van der Waals surface area contributed by atoms with Gasteiger partial charge in [0.25, 0.3) is 5.91 Å². The smallest absolute Gasteiger partial charge is 0.354 e. The number of benzene rings is 1. The summed E-state index contributed by atoms with van der Waals surface area (Å²) < 4.78 is 27.4. The number of hydrogen-bond donors (Lipinski definition) is 2. The van der Waals surface area contributed by atoms with Gasteiger partial charge in [-0.1, -0.05) is 15.9 Å². The van der Waals surface area contributed by atoms with Gasteiger partial charge in [0.1, 0.15) is 22.9 Å². The molecule has 0 atom stereocenters. The molecule has 5 nitrogen and oxygen atoms in total. The van der Waals surface area contributed by atoms with Crippen LogP contribution in [-0.2, 0) is 0 Å². The van der Waals surface area contributed by atoms with Gasteiger partial charge in [0, 0.05) is 16.4 Å². The van der Waals surface area contributed by atoms with Crippen molar-refractivity contribution in [1.29, 1.82) is 0 Å². The van der Waals surface area contributed by atoms with Crippen molar-refractivity contribution < 1.29 is 23.5 Å². The maximum absolute atomic E-state index is 13.6. The second-order valence-electron chi connectivity index (χ2n) is 3.93. The maximum Gasteiger partial charge on any atom is 0.354 e. The Labute approximate surface area is 125 Å². The summed E-state index contributed by atoms with van der Waals surface area (Å²) in [4.78, 5) is 26.2. The van der Waals surface area contributed by atoms with Crippen molar-refractivity contribution in [3.63, 3.8) is 0 Å². The molecular weight excluding hydrogens is 350 g/mol. The van der Waals surface area contributed by atoms with Crippen LogP contribution in [-0.4, -0.2) is 22.0 Å². The molecule has 0 saturated carbocycles. The van der Waals surface area contributed by atoms with E-state index in [1.54, 1.807) is 0 Å². The fourth-order valence-electron chi connectivity index (χ4n) is 1.58. The van der Waals surface area contributed by atoms with Gasteiger partial charge in [-0.2, -0.15) is 0 Å². The first-order valence-electron chi connectivity index (χ1n) is 5.53. The number of halogens is 3. The van der Waals surface area contributed by atoms with Crippen LogP contribution in [0.1, 0.15) is 20.8 Å². The molecule has 0 aliphatic heterocycles. The molecule has 0 saturated heterocycles. The number of carbonyl (C=O) groups is 2. The van der Waals surface area contributed by atoms with Crippen LogP contribution < -0.4 is 5.32 Å². The lowest BCUT2D eigenvalue weighted by Crippen LogP contribution is -2.16. The topological polar surface area (TPSA) is 79.3 Å². The highest BCUT2D eigenvalue weighted by Gasteiger charge is 2.19. The van der Waals surface area contributed by atoms with Crippen molar-refractivity contribution in [1.82, 2.24) is 4.98 Å². The number of aromatic nitrogens is 1. The Morgan fingerprint density at radius 3 is 2.38 bits per heavy atom. The SMILES string of the molecule is O=C(O)c1cc(NC(=O)c2c(F)cc(Br)cc2F)ccn1. The molecule has 0 fully saturated rings. The van der Waals surface area contributed by atoms with Crippen molar-refractivity contribution in [2.45, 2.75) is 0 Å². The minimum Gasteiger partial charge on any atom is -0.477 e. The second-order valence-corrected chi connectivity index (χ2v) is 4.85. The summed E-state index contributed by atoms with van der Waals surface area (Å²) in [7, 11) is 0. The summed E-state index contributed by atoms with van der Waals surface area (Å²) in [6.07, 6.45) is 1.16. The zero-order valence-electron chi connectivity index (χ0n) is 10.2. The quantitative estimate of drug-likeness (QED) is 0.885. The Balaban J connectivity index is 2.30. The molecule has 0 aliphatic rings. The molecule has 0 radical (unpaired) electrons. The molecule has 1 aromatic carbocycles. The molecule has 0 aliphatic carbocycles. The van der Waals surface area contributed by atoms with Crippen LogP contribution in [0.3, 0.4) is 0 Å². The van der Waals surface area contributed by atoms with Crippen molar-refractivity contribution >= 4 is 33.5 Å². The fraction of sp³-hybridized carbons (Fsp3) is 0. The van der Waals surface area contributed by atoms with E-state index in [1.807, 2.05) is 0 Å². The van der Waals surface area contributed by atoms with E-state index in [-0.39, 0.29) is 15.9 Å². The molecule has 2 N–H and O–H groups in total. The third-order valence-electron chi connectivity index (χ3n) is 2.47. The summed E-state index contributed by atoms with van der Waals surface area (Å²) in [5.74, 6) is -4.38. The van der Waals surface area contributed by atoms with E-state index < -0.39 is 29.1 Å². The molecule has 0 bridgehead atoms. The molecule has 1 aromatic heterocycles. The van der Waals surface area contributed by atoms with Gasteiger partial charge in [-0.05, 0) is 24.3 Å². The van der Waals surface area contributed by atoms with Crippen LogP contribution in [0.2, 0.25) is 0 Å². The first kappa shape index (κ1) is 15.0. The first-order valence-corrected chi connectivity index (χ1v) is 6.33. The van der Waals surface area contributed by atoms with Crippen LogP contribution >= 0.6 is 15.9 Å². The number of pyridine rings is 1. The van der Waals surface area contributed by atoms with E-state index in [2.05, 4.69) is 26.2 Å². The van der Waals surface area contributed by atoms with E-state index in [4.69, 9.17) is 5.11 Å². The minimum atomic E-state index is -1.29. The predicted molar refractivity (Wildman–Crippen MR) is 73.2 cm³/mol. The molecular formula is C13H7BrF2N2O3. The number of carboxylic acids is 1. The number of anilines is 1. The average Bonchev–Trinajstić information content (AvgIpc) is 2.37. The average molecular weight is 357 g/mol. The molecule has 1 amide bonds. The van der Waals surface area contributed by atoms with E-state index in [1.165, 1.54) is 6.07 Å². The number of nitrogens with zero attached hydrogens (tertiary/aromatic N) is 1. The van der Waals surface area contributed by atoms with Gasteiger partial charge in [-0.25, -0.2) is 18.6 Å². The lowest BCUT2D eigenvalue weighted by Gasteiger charge is -2.08. The number of hydrogen-bond acceptors (Lipinski definition) is 3. The largest absolute Gasteiger partial charge is 0.477 e. The van der Waals surface area contributed by atoms with Crippen molar-refractivity contribution in [2.75, 3.05) is 5.32 Å². The normalized spacial score (nSPS) is 10.2. The molecule has 1 heterocycles. The molecule has 0 spiro atoms. The highest BCUT2D eigenvalue weighted by molar-refractivity contribution is 9.10. The Morgan fingerprint density at radius 1 is 1.19 bits per heavy atom. The van der Waals surface area contributed by atoms with E-state index >= 15 is 0 Å². The number of aromatic carboxylic acids is 1. The first-order chi connectivity index (χ1) is 9.88. The van der Waals surface area contributed by atoms with Crippen LogP contribution in [0.25, 0.3) is 0 Å². The monoisotopic (exact) mass is 356 g/mol. The van der Waals surface area contributed by atoms with E-state index in [0.29, 0.717) is 0 Å². The Hall–Kier alpha value is -2.35. The standard InChI is InChI=1S/C13H7BrF2N2O3/c14-6-3-8(15)11(9(16)4-6)12(19)18-7-1-2-17-10(5-7)13(20)21/h1-5H,(H,20,21)(H,17,18,19). The summed E-state index contributed by atoms with van der Waals surface area (Å²) in [6.45, 7) is 0. The Bertz CT molecular complexity index is 714. The number of carboxylic acid groups (broad SMARTS) is 1. The van der Waals surface area contributed by atoms with Gasteiger partial charge in [0.05, 0.1) is 0 Å². The van der Waals surface area contributed by atoms with E-state index in [9.17, 15) is 18.4 Å². The molecule has 21 heavy (non-hydrogen) atoms. The van der Waals surface area contributed by atoms with Crippen LogP contribution in [0.4, 0.5) is 14.5 Å². The number of nitrogens with one attached hydrogen (secondary N) is 1. The minimum absolute atomic E-state index is 0.0640. The second kappa shape index (κ2) is 5.96. The lowest BCUT2D eigenvalue weighted by molar-refractivity contribution is 0.0690. The third kappa shape index (κ3) is 3.40. The van der Waals surface area contributed by atoms with Crippen LogP contribution in [0, 0.1) is 11.6 Å². The Morgan fingerprint density at radius 2 is 1.81 bits per heavy atom. The Kier molecular flexibility index (Phi) is 4.27. The molecule has 108 valence electrons. The van der Waals surface area contributed by atoms with Gasteiger partial charge < -0.3 is 10.4 Å². The fourth-order valence-corrected chi connectivity index (χ4v) is 1.98. The van der Waals surface area contributed by atoms with Gasteiger partial charge in [0.15, 0.2) is 0 Å². The number of carbonyl (C=O) groups excluding carboxylic acids is 1. The zero-order valence-corrected chi connectivity index (χ0v) is 11.8. The highest BCUT2D eigenvalue weighted by Crippen LogP contribution is 2.20.